The van der Waals surface area contributed by atoms with Crippen LogP contribution < -0.4 is 5.32 Å². The summed E-state index contributed by atoms with van der Waals surface area (Å²) >= 11 is 11.8. The van der Waals surface area contributed by atoms with E-state index in [1.165, 1.54) is 12.8 Å². The summed E-state index contributed by atoms with van der Waals surface area (Å²) in [6.45, 7) is 0.754. The third-order valence-corrected chi connectivity index (χ3v) is 3.66. The highest BCUT2D eigenvalue weighted by molar-refractivity contribution is 6.35. The Bertz CT molecular complexity index is 477. The topological polar surface area (TPSA) is 58.6 Å². The van der Waals surface area contributed by atoms with Crippen LogP contribution in [0.15, 0.2) is 18.2 Å². The Kier molecular flexibility index (Phi) is 5.66. The summed E-state index contributed by atoms with van der Waals surface area (Å²) in [5.74, 6) is 0.385. The molecule has 2 rings (SSSR count). The zero-order valence-electron chi connectivity index (χ0n) is 10.9. The molecule has 2 N–H and O–H groups in total. The van der Waals surface area contributed by atoms with E-state index in [4.69, 9.17) is 27.9 Å². The maximum atomic E-state index is 11.5. The monoisotopic (exact) mass is 317 g/mol. The Labute approximate surface area is 128 Å². The molecule has 1 amide bonds. The lowest BCUT2D eigenvalue weighted by molar-refractivity contribution is -0.126. The molecule has 1 fully saturated rings. The molecule has 0 aliphatic heterocycles. The molecule has 6 heteroatoms. The van der Waals surface area contributed by atoms with Gasteiger partial charge in [0.1, 0.15) is 6.61 Å². The van der Waals surface area contributed by atoms with Gasteiger partial charge in [-0.3, -0.25) is 4.79 Å². The smallest absolute Gasteiger partial charge is 0.246 e. The van der Waals surface area contributed by atoms with Crippen molar-refractivity contribution in [2.24, 2.45) is 5.92 Å². The fourth-order valence-corrected chi connectivity index (χ4v) is 2.28. The summed E-state index contributed by atoms with van der Waals surface area (Å²) in [4.78, 5) is 11.5. The van der Waals surface area contributed by atoms with Gasteiger partial charge >= 0.3 is 0 Å². The molecule has 0 radical (unpaired) electrons. The first-order valence-corrected chi connectivity index (χ1v) is 7.29. The number of aliphatic hydroxyl groups is 1. The molecule has 1 aliphatic rings. The molecular weight excluding hydrogens is 301 g/mol. The summed E-state index contributed by atoms with van der Waals surface area (Å²) in [5, 5.41) is 13.5. The quantitative estimate of drug-likeness (QED) is 0.812. The fraction of sp³-hybridized carbons (Fsp3) is 0.500. The van der Waals surface area contributed by atoms with Crippen LogP contribution in [0.1, 0.15) is 24.5 Å². The molecule has 0 heterocycles. The first-order chi connectivity index (χ1) is 9.56. The Balaban J connectivity index is 1.72. The number of carbonyl (C=O) groups excluding carboxylic acids is 1. The maximum Gasteiger partial charge on any atom is 0.246 e. The van der Waals surface area contributed by atoms with Gasteiger partial charge in [-0.25, -0.2) is 0 Å². The first kappa shape index (κ1) is 15.6. The average molecular weight is 318 g/mol. The molecule has 1 unspecified atom stereocenters. The fourth-order valence-electron chi connectivity index (χ4n) is 1.75. The minimum atomic E-state index is -0.868. The molecule has 1 aromatic rings. The van der Waals surface area contributed by atoms with Crippen molar-refractivity contribution in [1.82, 2.24) is 5.32 Å². The number of benzene rings is 1. The highest BCUT2D eigenvalue weighted by atomic mass is 35.5. The predicted octanol–water partition coefficient (Wildman–Crippen LogP) is 2.57. The van der Waals surface area contributed by atoms with Crippen LogP contribution >= 0.6 is 23.2 Å². The van der Waals surface area contributed by atoms with Crippen LogP contribution in [0.4, 0.5) is 0 Å². The van der Waals surface area contributed by atoms with Crippen LogP contribution in [0.5, 0.6) is 0 Å². The third kappa shape index (κ3) is 4.94. The maximum absolute atomic E-state index is 11.5. The van der Waals surface area contributed by atoms with Gasteiger partial charge in [0.2, 0.25) is 5.91 Å². The summed E-state index contributed by atoms with van der Waals surface area (Å²) in [5.41, 5.74) is 0.537. The van der Waals surface area contributed by atoms with Gasteiger partial charge in [0.25, 0.3) is 0 Å². The van der Waals surface area contributed by atoms with Crippen molar-refractivity contribution >= 4 is 29.1 Å². The van der Waals surface area contributed by atoms with Crippen LogP contribution in [0.2, 0.25) is 10.0 Å². The van der Waals surface area contributed by atoms with Gasteiger partial charge in [-0.15, -0.1) is 0 Å². The second-order valence-corrected chi connectivity index (χ2v) is 5.79. The lowest BCUT2D eigenvalue weighted by Crippen LogP contribution is -2.31. The van der Waals surface area contributed by atoms with Crippen LogP contribution in [-0.4, -0.2) is 30.8 Å². The van der Waals surface area contributed by atoms with Crippen molar-refractivity contribution < 1.29 is 14.6 Å². The van der Waals surface area contributed by atoms with Gasteiger partial charge in [-0.05, 0) is 30.9 Å². The largest absolute Gasteiger partial charge is 0.387 e. The van der Waals surface area contributed by atoms with Crippen LogP contribution in [-0.2, 0) is 9.53 Å². The van der Waals surface area contributed by atoms with Crippen molar-refractivity contribution in [3.05, 3.63) is 33.8 Å². The van der Waals surface area contributed by atoms with Gasteiger partial charge in [-0.2, -0.15) is 0 Å². The molecule has 1 atom stereocenters. The third-order valence-electron chi connectivity index (χ3n) is 3.10. The number of carbonyl (C=O) groups is 1. The van der Waals surface area contributed by atoms with Crippen molar-refractivity contribution in [1.29, 1.82) is 0 Å². The number of ether oxygens (including phenoxy) is 1. The van der Waals surface area contributed by atoms with E-state index in [0.29, 0.717) is 28.1 Å². The van der Waals surface area contributed by atoms with E-state index in [0.717, 1.165) is 0 Å². The van der Waals surface area contributed by atoms with Crippen LogP contribution in [0.25, 0.3) is 0 Å². The minimum Gasteiger partial charge on any atom is -0.387 e. The summed E-state index contributed by atoms with van der Waals surface area (Å²) in [7, 11) is 0. The normalized spacial score (nSPS) is 15.9. The Morgan fingerprint density at radius 3 is 2.85 bits per heavy atom. The number of aliphatic hydroxyl groups excluding tert-OH is 1. The first-order valence-electron chi connectivity index (χ1n) is 6.53. The van der Waals surface area contributed by atoms with Crippen molar-refractivity contribution in [3.63, 3.8) is 0 Å². The minimum absolute atomic E-state index is 0.0254. The molecule has 20 heavy (non-hydrogen) atoms. The molecule has 1 saturated carbocycles. The van der Waals surface area contributed by atoms with E-state index in [9.17, 15) is 9.90 Å². The molecule has 1 aliphatic carbocycles. The van der Waals surface area contributed by atoms with E-state index >= 15 is 0 Å². The summed E-state index contributed by atoms with van der Waals surface area (Å²) in [6, 6.07) is 4.85. The van der Waals surface area contributed by atoms with E-state index in [1.807, 2.05) is 0 Å². The lowest BCUT2D eigenvalue weighted by Gasteiger charge is -2.14. The molecule has 110 valence electrons. The summed E-state index contributed by atoms with van der Waals surface area (Å²) < 4.78 is 5.26. The van der Waals surface area contributed by atoms with Gasteiger partial charge in [0.05, 0.1) is 12.7 Å². The van der Waals surface area contributed by atoms with Gasteiger partial charge in [0, 0.05) is 22.2 Å². The molecule has 0 spiro atoms. The van der Waals surface area contributed by atoms with E-state index < -0.39 is 6.10 Å². The van der Waals surface area contributed by atoms with E-state index in [1.54, 1.807) is 18.2 Å². The van der Waals surface area contributed by atoms with E-state index in [-0.39, 0.29) is 19.1 Å². The second-order valence-electron chi connectivity index (χ2n) is 4.94. The number of halogens is 2. The number of hydrogen-bond acceptors (Lipinski definition) is 3. The second kappa shape index (κ2) is 7.27. The van der Waals surface area contributed by atoms with Crippen LogP contribution in [0, 0.1) is 5.92 Å². The zero-order chi connectivity index (χ0) is 14.5. The van der Waals surface area contributed by atoms with Crippen molar-refractivity contribution in [2.75, 3.05) is 19.8 Å². The Morgan fingerprint density at radius 1 is 1.45 bits per heavy atom. The molecule has 0 saturated heterocycles. The van der Waals surface area contributed by atoms with E-state index in [2.05, 4.69) is 5.32 Å². The molecular formula is C14H17Cl2NO3. The molecule has 4 nitrogen and oxygen atoms in total. The summed E-state index contributed by atoms with van der Waals surface area (Å²) in [6.07, 6.45) is 1.51. The SMILES string of the molecule is O=C(COCC1CC1)NCC(O)c1ccc(Cl)cc1Cl. The Morgan fingerprint density at radius 2 is 2.20 bits per heavy atom. The van der Waals surface area contributed by atoms with Gasteiger partial charge in [0.15, 0.2) is 0 Å². The average Bonchev–Trinajstić information content (AvgIpc) is 3.20. The van der Waals surface area contributed by atoms with Gasteiger partial charge < -0.3 is 15.2 Å². The highest BCUT2D eigenvalue weighted by Crippen LogP contribution is 2.28. The standard InChI is InChI=1S/C14H17Cl2NO3/c15-10-3-4-11(12(16)5-10)13(18)6-17-14(19)8-20-7-9-1-2-9/h3-5,9,13,18H,1-2,6-8H2,(H,17,19). The lowest BCUT2D eigenvalue weighted by atomic mass is 10.1. The number of hydrogen-bond donors (Lipinski definition) is 2. The molecule has 0 bridgehead atoms. The number of rotatable bonds is 7. The number of nitrogens with one attached hydrogen (secondary N) is 1. The van der Waals surface area contributed by atoms with Crippen LogP contribution in [0.3, 0.4) is 0 Å². The molecule has 0 aromatic heterocycles. The highest BCUT2D eigenvalue weighted by Gasteiger charge is 2.21. The van der Waals surface area contributed by atoms with Crippen molar-refractivity contribution in [3.8, 4) is 0 Å². The molecule has 1 aromatic carbocycles. The predicted molar refractivity (Wildman–Crippen MR) is 78.0 cm³/mol. The zero-order valence-corrected chi connectivity index (χ0v) is 12.5. The number of amides is 1. The van der Waals surface area contributed by atoms with Crippen molar-refractivity contribution in [2.45, 2.75) is 18.9 Å². The van der Waals surface area contributed by atoms with Gasteiger partial charge in [-0.1, -0.05) is 29.3 Å². The Hall–Kier alpha value is -0.810.